The minimum Gasteiger partial charge on any atom is -0.462 e. The van der Waals surface area contributed by atoms with Crippen LogP contribution in [0.25, 0.3) is 0 Å². The van der Waals surface area contributed by atoms with Crippen molar-refractivity contribution < 1.29 is 23.2 Å². The van der Waals surface area contributed by atoms with Gasteiger partial charge in [0.15, 0.2) is 0 Å². The smallest absolute Gasteiger partial charge is 0.333 e. The van der Waals surface area contributed by atoms with Gasteiger partial charge in [-0.2, -0.15) is 0 Å². The van der Waals surface area contributed by atoms with Crippen LogP contribution in [0.1, 0.15) is 40.5 Å². The molecular weight excluding hydrogens is 496 g/mol. The summed E-state index contributed by atoms with van der Waals surface area (Å²) in [6.07, 6.45) is 1.46. The highest BCUT2D eigenvalue weighted by Crippen LogP contribution is 2.30. The number of carbonyl (C=O) groups is 2. The fraction of sp³-hybridized carbons (Fsp3) is 0.400. The summed E-state index contributed by atoms with van der Waals surface area (Å²) in [4.78, 5) is 23.9. The highest BCUT2D eigenvalue weighted by atomic mass is 28.4. The molecule has 5 nitrogen and oxygen atoms in total. The van der Waals surface area contributed by atoms with E-state index >= 15 is 0 Å². The van der Waals surface area contributed by atoms with Crippen molar-refractivity contribution in [3.63, 3.8) is 0 Å². The van der Waals surface area contributed by atoms with Crippen LogP contribution < -0.4 is 10.4 Å². The number of carbonyl (C=O) groups excluding carboxylic acids is 2. The lowest BCUT2D eigenvalue weighted by Gasteiger charge is -2.42. The summed E-state index contributed by atoms with van der Waals surface area (Å²) >= 11 is 0. The molecule has 0 aliphatic carbocycles. The molecule has 200 valence electrons. The van der Waals surface area contributed by atoms with Gasteiger partial charge in [-0.3, -0.25) is 0 Å². The maximum Gasteiger partial charge on any atom is 0.333 e. The lowest BCUT2D eigenvalue weighted by molar-refractivity contribution is -0.139. The summed E-state index contributed by atoms with van der Waals surface area (Å²) in [5, 5.41) is 2.53. The van der Waals surface area contributed by atoms with Crippen molar-refractivity contribution in [2.24, 2.45) is 0 Å². The Balaban J connectivity index is 2.37. The molecule has 0 fully saturated rings. The van der Waals surface area contributed by atoms with Gasteiger partial charge in [0.1, 0.15) is 0 Å². The van der Waals surface area contributed by atoms with Crippen molar-refractivity contribution in [1.29, 1.82) is 0 Å². The number of esters is 2. The third kappa shape index (κ3) is 8.66. The minimum atomic E-state index is -2.46. The van der Waals surface area contributed by atoms with E-state index in [4.69, 9.17) is 13.6 Å². The van der Waals surface area contributed by atoms with E-state index < -0.39 is 16.6 Å². The molecule has 2 aromatic rings. The molecular formula is C30H42O5Si2. The van der Waals surface area contributed by atoms with E-state index in [1.165, 1.54) is 10.4 Å². The lowest BCUT2D eigenvalue weighted by Crippen LogP contribution is -2.63. The van der Waals surface area contributed by atoms with Gasteiger partial charge in [0.25, 0.3) is 0 Å². The fourth-order valence-corrected chi connectivity index (χ4v) is 15.6. The first-order valence-electron chi connectivity index (χ1n) is 13.2. The number of hydrogen-bond donors (Lipinski definition) is 0. The van der Waals surface area contributed by atoms with Gasteiger partial charge >= 0.3 is 11.9 Å². The molecule has 0 radical (unpaired) electrons. The number of ether oxygens (including phenoxy) is 2. The largest absolute Gasteiger partial charge is 0.462 e. The fourth-order valence-electron chi connectivity index (χ4n) is 4.56. The zero-order valence-corrected chi connectivity index (χ0v) is 24.9. The van der Waals surface area contributed by atoms with Crippen LogP contribution in [0, 0.1) is 0 Å². The average molecular weight is 539 g/mol. The number of benzene rings is 2. The topological polar surface area (TPSA) is 61.8 Å². The van der Waals surface area contributed by atoms with E-state index in [0.717, 1.165) is 37.0 Å². The van der Waals surface area contributed by atoms with Gasteiger partial charge in [-0.05, 0) is 61.2 Å². The van der Waals surface area contributed by atoms with Crippen molar-refractivity contribution >= 4 is 38.9 Å². The van der Waals surface area contributed by atoms with Gasteiger partial charge in [-0.1, -0.05) is 87.7 Å². The minimum absolute atomic E-state index is 0.347. The molecule has 0 saturated carbocycles. The van der Waals surface area contributed by atoms with Gasteiger partial charge < -0.3 is 13.6 Å². The lowest BCUT2D eigenvalue weighted by atomic mass is 10.4. The molecule has 0 saturated heterocycles. The zero-order chi connectivity index (χ0) is 27.3. The quantitative estimate of drug-likeness (QED) is 0.118. The summed E-state index contributed by atoms with van der Waals surface area (Å²) < 4.78 is 18.4. The Labute approximate surface area is 224 Å². The van der Waals surface area contributed by atoms with Crippen molar-refractivity contribution in [3.05, 3.63) is 85.0 Å². The Hall–Kier alpha value is -2.75. The highest BCUT2D eigenvalue weighted by molar-refractivity contribution is 6.98. The molecule has 37 heavy (non-hydrogen) atoms. The third-order valence-electron chi connectivity index (χ3n) is 6.75. The Bertz CT molecular complexity index is 957. The van der Waals surface area contributed by atoms with Crippen LogP contribution in [0.3, 0.4) is 0 Å². The van der Waals surface area contributed by atoms with Crippen LogP contribution in [-0.4, -0.2) is 41.8 Å². The van der Waals surface area contributed by atoms with E-state index in [-0.39, 0.29) is 11.9 Å². The van der Waals surface area contributed by atoms with Gasteiger partial charge in [0, 0.05) is 11.1 Å². The Kier molecular flexibility index (Phi) is 12.2. The van der Waals surface area contributed by atoms with Gasteiger partial charge in [-0.25, -0.2) is 9.59 Å². The highest BCUT2D eigenvalue weighted by Gasteiger charge is 2.45. The molecule has 0 aromatic heterocycles. The molecule has 0 aliphatic heterocycles. The predicted octanol–water partition coefficient (Wildman–Crippen LogP) is 5.77. The molecule has 0 N–H and O–H groups in total. The Morgan fingerprint density at radius 2 is 1.03 bits per heavy atom. The van der Waals surface area contributed by atoms with Crippen LogP contribution in [0.2, 0.25) is 24.2 Å². The molecule has 2 atom stereocenters. The molecule has 0 amide bonds. The van der Waals surface area contributed by atoms with E-state index in [2.05, 4.69) is 75.5 Å². The summed E-state index contributed by atoms with van der Waals surface area (Å²) in [5.74, 6) is -0.703. The van der Waals surface area contributed by atoms with Crippen molar-refractivity contribution in [3.8, 4) is 0 Å². The van der Waals surface area contributed by atoms with Crippen LogP contribution in [0.4, 0.5) is 0 Å². The molecule has 0 aliphatic rings. The second-order valence-corrected chi connectivity index (χ2v) is 17.9. The molecule has 0 bridgehead atoms. The van der Waals surface area contributed by atoms with Crippen LogP contribution in [0.5, 0.6) is 0 Å². The van der Waals surface area contributed by atoms with Crippen LogP contribution in [0.15, 0.2) is 85.0 Å². The maximum atomic E-state index is 11.9. The van der Waals surface area contributed by atoms with Gasteiger partial charge in [-0.15, -0.1) is 0 Å². The summed E-state index contributed by atoms with van der Waals surface area (Å²) in [7, 11) is -4.92. The first-order chi connectivity index (χ1) is 17.7. The van der Waals surface area contributed by atoms with E-state index in [1.807, 2.05) is 12.1 Å². The Morgan fingerprint density at radius 1 is 0.676 bits per heavy atom. The van der Waals surface area contributed by atoms with Crippen LogP contribution >= 0.6 is 0 Å². The second-order valence-electron chi connectivity index (χ2n) is 9.57. The standard InChI is InChI=1S/C30H42O5Si2/c1-7-36(27-17-11-9-12-18-27,23-15-21-33-29(31)25(3)4)35-37(8-2,28-19-13-10-14-20-28)24-16-22-34-30(32)26(5)6/h9-14,17-20H,3,5,7-8,15-16,21-24H2,1-2,4,6H3. The molecule has 0 spiro atoms. The van der Waals surface area contributed by atoms with E-state index in [0.29, 0.717) is 24.4 Å². The second kappa shape index (κ2) is 14.9. The van der Waals surface area contributed by atoms with Gasteiger partial charge in [0.2, 0.25) is 16.6 Å². The summed E-state index contributed by atoms with van der Waals surface area (Å²) in [6, 6.07) is 24.6. The maximum absolute atomic E-state index is 11.9. The monoisotopic (exact) mass is 538 g/mol. The molecule has 7 heteroatoms. The zero-order valence-electron chi connectivity index (χ0n) is 22.9. The molecule has 2 aromatic carbocycles. The van der Waals surface area contributed by atoms with Crippen molar-refractivity contribution in [2.75, 3.05) is 13.2 Å². The molecule has 2 rings (SSSR count). The van der Waals surface area contributed by atoms with E-state index in [1.54, 1.807) is 13.8 Å². The van der Waals surface area contributed by atoms with Crippen molar-refractivity contribution in [2.45, 2.75) is 64.7 Å². The average Bonchev–Trinajstić information content (AvgIpc) is 2.92. The van der Waals surface area contributed by atoms with Crippen LogP contribution in [-0.2, 0) is 23.2 Å². The van der Waals surface area contributed by atoms with Gasteiger partial charge in [0.05, 0.1) is 13.2 Å². The molecule has 0 heterocycles. The number of hydrogen-bond acceptors (Lipinski definition) is 5. The SMILES string of the molecule is C=C(C)C(=O)OCCC[Si](CC)(O[Si](CC)(CCCOC(=O)C(=C)C)c1ccccc1)c1ccccc1. The third-order valence-corrected chi connectivity index (χ3v) is 17.2. The predicted molar refractivity (Wildman–Crippen MR) is 156 cm³/mol. The Morgan fingerprint density at radius 3 is 1.32 bits per heavy atom. The van der Waals surface area contributed by atoms with E-state index in [9.17, 15) is 9.59 Å². The summed E-state index contributed by atoms with van der Waals surface area (Å²) in [5.41, 5.74) is 0.819. The number of rotatable bonds is 16. The van der Waals surface area contributed by atoms with Crippen molar-refractivity contribution in [1.82, 2.24) is 0 Å². The first-order valence-corrected chi connectivity index (χ1v) is 17.8. The normalized spacial score (nSPS) is 14.2. The summed E-state index contributed by atoms with van der Waals surface area (Å²) in [6.45, 7) is 15.8. The first kappa shape index (κ1) is 30.5. The molecule has 2 unspecified atom stereocenters.